The molecule has 0 bridgehead atoms. The largest absolute Gasteiger partial charge is 0.545 e. The molecule has 0 amide bonds. The number of hydrogen-bond donors (Lipinski definition) is 1. The lowest BCUT2D eigenvalue weighted by atomic mass is 10.1. The van der Waals surface area contributed by atoms with Crippen LogP contribution in [0.1, 0.15) is 10.4 Å². The maximum Gasteiger partial charge on any atom is 0.140 e. The first kappa shape index (κ1) is 11.9. The molecule has 1 aromatic heterocycles. The van der Waals surface area contributed by atoms with Gasteiger partial charge in [-0.3, -0.25) is 0 Å². The molecule has 0 atom stereocenters. The summed E-state index contributed by atoms with van der Waals surface area (Å²) in [4.78, 5) is 21.6. The van der Waals surface area contributed by atoms with Crippen molar-refractivity contribution in [2.24, 2.45) is 0 Å². The summed E-state index contributed by atoms with van der Waals surface area (Å²) in [5.74, 6) is -0.308. The summed E-state index contributed by atoms with van der Waals surface area (Å²) in [6.45, 7) is 3.97. The first-order chi connectivity index (χ1) is 9.25. The van der Waals surface area contributed by atoms with Crippen LogP contribution in [0.15, 0.2) is 24.5 Å². The smallest absolute Gasteiger partial charge is 0.140 e. The van der Waals surface area contributed by atoms with Crippen molar-refractivity contribution < 1.29 is 15.2 Å². The third-order valence-electron chi connectivity index (χ3n) is 3.36. The highest BCUT2D eigenvalue weighted by atomic mass is 16.4. The predicted octanol–water partition coefficient (Wildman–Crippen LogP) is -1.62. The topological polar surface area (TPSA) is 85.8 Å². The van der Waals surface area contributed by atoms with Crippen LogP contribution in [0.2, 0.25) is 0 Å². The van der Waals surface area contributed by atoms with Gasteiger partial charge in [-0.1, -0.05) is 6.07 Å². The highest BCUT2D eigenvalue weighted by Crippen LogP contribution is 2.23. The molecule has 6 heteroatoms. The number of aromatic nitrogens is 2. The lowest BCUT2D eigenvalue weighted by Crippen LogP contribution is -2.89. The third kappa shape index (κ3) is 2.22. The molecular weight excluding hydrogens is 244 g/mol. The zero-order valence-electron chi connectivity index (χ0n) is 10.4. The van der Waals surface area contributed by atoms with Crippen molar-refractivity contribution >= 4 is 22.7 Å². The Morgan fingerprint density at radius 3 is 2.79 bits per heavy atom. The second-order valence-corrected chi connectivity index (χ2v) is 4.57. The van der Waals surface area contributed by atoms with Crippen LogP contribution in [0.4, 0.5) is 5.82 Å². The molecule has 2 heterocycles. The number of carbonyl (C=O) groups excluding carboxylic acids is 1. The number of anilines is 1. The van der Waals surface area contributed by atoms with Gasteiger partial charge in [0, 0.05) is 5.39 Å². The molecule has 3 rings (SSSR count). The first-order valence-electron chi connectivity index (χ1n) is 6.28. The number of carboxylic acid groups (broad SMARTS) is 1. The molecule has 1 aliphatic rings. The van der Waals surface area contributed by atoms with Crippen LogP contribution in [-0.2, 0) is 0 Å². The Balaban J connectivity index is 2.07. The Morgan fingerprint density at radius 1 is 1.26 bits per heavy atom. The quantitative estimate of drug-likeness (QED) is 0.699. The van der Waals surface area contributed by atoms with Crippen molar-refractivity contribution in [3.63, 3.8) is 0 Å². The summed E-state index contributed by atoms with van der Waals surface area (Å²) >= 11 is 0. The molecule has 2 aromatic rings. The van der Waals surface area contributed by atoms with E-state index < -0.39 is 5.97 Å². The number of nitrogens with two attached hydrogens (primary N) is 1. The van der Waals surface area contributed by atoms with Crippen molar-refractivity contribution in [2.45, 2.75) is 0 Å². The van der Waals surface area contributed by atoms with E-state index in [1.165, 1.54) is 12.4 Å². The molecule has 0 aliphatic carbocycles. The normalized spacial score (nSPS) is 15.7. The molecular formula is C13H14N4O2. The van der Waals surface area contributed by atoms with E-state index in [1.54, 1.807) is 12.1 Å². The van der Waals surface area contributed by atoms with Gasteiger partial charge in [0.05, 0.1) is 37.7 Å². The molecule has 0 radical (unpaired) electrons. The molecule has 0 unspecified atom stereocenters. The summed E-state index contributed by atoms with van der Waals surface area (Å²) in [5, 5.41) is 14.0. The Bertz CT molecular complexity index is 623. The number of fused-ring (bicyclic) bond motifs is 1. The van der Waals surface area contributed by atoms with E-state index in [2.05, 4.69) is 20.2 Å². The SMILES string of the molecule is O=C([O-])c1ccc2c(N3CC[NH2+]CC3)ncnc2c1. The average Bonchev–Trinajstić information content (AvgIpc) is 2.47. The van der Waals surface area contributed by atoms with E-state index in [-0.39, 0.29) is 5.56 Å². The molecule has 0 saturated carbocycles. The zero-order chi connectivity index (χ0) is 13.2. The minimum absolute atomic E-state index is 0.143. The van der Waals surface area contributed by atoms with Gasteiger partial charge >= 0.3 is 0 Å². The molecule has 6 nitrogen and oxygen atoms in total. The van der Waals surface area contributed by atoms with Crippen molar-refractivity contribution in [3.05, 3.63) is 30.1 Å². The van der Waals surface area contributed by atoms with Gasteiger partial charge in [0.2, 0.25) is 0 Å². The molecule has 19 heavy (non-hydrogen) atoms. The zero-order valence-corrected chi connectivity index (χ0v) is 10.4. The lowest BCUT2D eigenvalue weighted by molar-refractivity contribution is -0.655. The molecule has 98 valence electrons. The first-order valence-corrected chi connectivity index (χ1v) is 6.28. The Labute approximate surface area is 110 Å². The predicted molar refractivity (Wildman–Crippen MR) is 67.7 cm³/mol. The number of carboxylic acids is 1. The van der Waals surface area contributed by atoms with Gasteiger partial charge in [0.25, 0.3) is 0 Å². The van der Waals surface area contributed by atoms with Crippen LogP contribution in [-0.4, -0.2) is 42.1 Å². The monoisotopic (exact) mass is 258 g/mol. The molecule has 1 aromatic carbocycles. The fraction of sp³-hybridized carbons (Fsp3) is 0.308. The van der Waals surface area contributed by atoms with Crippen LogP contribution >= 0.6 is 0 Å². The number of hydrogen-bond acceptors (Lipinski definition) is 5. The number of quaternary nitrogens is 1. The second-order valence-electron chi connectivity index (χ2n) is 4.57. The Kier molecular flexibility index (Phi) is 3.00. The van der Waals surface area contributed by atoms with Crippen molar-refractivity contribution in [1.82, 2.24) is 9.97 Å². The fourth-order valence-corrected chi connectivity index (χ4v) is 2.38. The van der Waals surface area contributed by atoms with E-state index in [1.807, 2.05) is 0 Å². The van der Waals surface area contributed by atoms with Crippen molar-refractivity contribution in [3.8, 4) is 0 Å². The van der Waals surface area contributed by atoms with Crippen LogP contribution in [0, 0.1) is 0 Å². The van der Waals surface area contributed by atoms with Crippen LogP contribution in [0.3, 0.4) is 0 Å². The second kappa shape index (κ2) is 4.81. The van der Waals surface area contributed by atoms with Gasteiger partial charge in [0.15, 0.2) is 0 Å². The number of aromatic carboxylic acids is 1. The Hall–Kier alpha value is -2.21. The standard InChI is InChI=1S/C13H14N4O2/c18-13(19)9-1-2-10-11(7-9)15-8-16-12(10)17-5-3-14-4-6-17/h1-2,7-8,14H,3-6H2,(H,18,19). The van der Waals surface area contributed by atoms with E-state index in [4.69, 9.17) is 0 Å². The van der Waals surface area contributed by atoms with Gasteiger partial charge in [-0.05, 0) is 17.7 Å². The number of rotatable bonds is 2. The minimum Gasteiger partial charge on any atom is -0.545 e. The van der Waals surface area contributed by atoms with Crippen LogP contribution in [0.5, 0.6) is 0 Å². The maximum atomic E-state index is 10.9. The van der Waals surface area contributed by atoms with Crippen LogP contribution in [0.25, 0.3) is 10.9 Å². The van der Waals surface area contributed by atoms with E-state index in [0.717, 1.165) is 37.4 Å². The summed E-state index contributed by atoms with van der Waals surface area (Å²) in [5.41, 5.74) is 0.783. The summed E-state index contributed by atoms with van der Waals surface area (Å²) in [6.07, 6.45) is 1.48. The van der Waals surface area contributed by atoms with Gasteiger partial charge < -0.3 is 20.1 Å². The lowest BCUT2D eigenvalue weighted by Gasteiger charge is -2.27. The molecule has 1 aliphatic heterocycles. The van der Waals surface area contributed by atoms with Crippen molar-refractivity contribution in [2.75, 3.05) is 31.1 Å². The highest BCUT2D eigenvalue weighted by Gasteiger charge is 2.16. The average molecular weight is 258 g/mol. The van der Waals surface area contributed by atoms with E-state index >= 15 is 0 Å². The molecule has 2 N–H and O–H groups in total. The van der Waals surface area contributed by atoms with Gasteiger partial charge in [0.1, 0.15) is 12.1 Å². The summed E-state index contributed by atoms with van der Waals surface area (Å²) < 4.78 is 0. The highest BCUT2D eigenvalue weighted by molar-refractivity contribution is 5.95. The minimum atomic E-state index is -1.19. The molecule has 1 fully saturated rings. The van der Waals surface area contributed by atoms with Gasteiger partial charge in [-0.2, -0.15) is 0 Å². The Morgan fingerprint density at radius 2 is 2.05 bits per heavy atom. The molecule has 1 saturated heterocycles. The number of carbonyl (C=O) groups is 1. The third-order valence-corrected chi connectivity index (χ3v) is 3.36. The number of benzene rings is 1. The number of nitrogens with zero attached hydrogens (tertiary/aromatic N) is 3. The molecule has 0 spiro atoms. The summed E-state index contributed by atoms with van der Waals surface area (Å²) in [6, 6.07) is 4.83. The van der Waals surface area contributed by atoms with Crippen molar-refractivity contribution in [1.29, 1.82) is 0 Å². The van der Waals surface area contributed by atoms with Crippen LogP contribution < -0.4 is 15.3 Å². The number of piperazine rings is 1. The van der Waals surface area contributed by atoms with E-state index in [9.17, 15) is 9.90 Å². The van der Waals surface area contributed by atoms with Gasteiger partial charge in [-0.25, -0.2) is 9.97 Å². The van der Waals surface area contributed by atoms with E-state index in [0.29, 0.717) is 5.52 Å². The fourth-order valence-electron chi connectivity index (χ4n) is 2.38. The summed E-state index contributed by atoms with van der Waals surface area (Å²) in [7, 11) is 0. The van der Waals surface area contributed by atoms with Gasteiger partial charge in [-0.15, -0.1) is 0 Å². The maximum absolute atomic E-state index is 10.9.